The molecule has 0 bridgehead atoms. The maximum Gasteiger partial charge on any atom is 0.312 e. The highest BCUT2D eigenvalue weighted by Gasteiger charge is 2.36. The number of nitrogens with zero attached hydrogens (tertiary/aromatic N) is 2. The molecule has 5 heteroatoms. The van der Waals surface area contributed by atoms with Gasteiger partial charge in [0.05, 0.1) is 6.04 Å². The fourth-order valence-electron chi connectivity index (χ4n) is 2.01. The molecule has 1 saturated heterocycles. The van der Waals surface area contributed by atoms with Crippen molar-refractivity contribution in [2.75, 3.05) is 19.6 Å². The van der Waals surface area contributed by atoms with Gasteiger partial charge in [0.1, 0.15) is 0 Å². The first kappa shape index (κ1) is 13.7. The van der Waals surface area contributed by atoms with Crippen LogP contribution in [0.5, 0.6) is 0 Å². The van der Waals surface area contributed by atoms with Crippen LogP contribution in [0.25, 0.3) is 0 Å². The van der Waals surface area contributed by atoms with E-state index >= 15 is 0 Å². The topological polar surface area (TPSA) is 57.7 Å². The van der Waals surface area contributed by atoms with Gasteiger partial charge in [-0.3, -0.25) is 14.4 Å². The molecule has 0 saturated carbocycles. The predicted molar refractivity (Wildman–Crippen MR) is 63.3 cm³/mol. The van der Waals surface area contributed by atoms with Crippen molar-refractivity contribution in [1.82, 2.24) is 9.80 Å². The molecule has 5 nitrogen and oxygen atoms in total. The zero-order valence-corrected chi connectivity index (χ0v) is 10.7. The zero-order chi connectivity index (χ0) is 13.0. The summed E-state index contributed by atoms with van der Waals surface area (Å²) in [5, 5.41) is 0. The van der Waals surface area contributed by atoms with Crippen LogP contribution in [0.3, 0.4) is 0 Å². The van der Waals surface area contributed by atoms with Crippen LogP contribution in [-0.2, 0) is 14.4 Å². The second kappa shape index (κ2) is 5.80. The molecule has 17 heavy (non-hydrogen) atoms. The predicted octanol–water partition coefficient (Wildman–Crippen LogP) is 0.435. The molecular weight excluding hydrogens is 220 g/mol. The molecular formula is C12H20N2O3. The first-order valence-corrected chi connectivity index (χ1v) is 6.15. The molecule has 1 unspecified atom stereocenters. The number of ketones is 1. The number of carbonyl (C=O) groups is 3. The van der Waals surface area contributed by atoms with Crippen LogP contribution in [0.15, 0.2) is 0 Å². The van der Waals surface area contributed by atoms with Crippen LogP contribution in [-0.4, -0.2) is 53.1 Å². The van der Waals surface area contributed by atoms with E-state index in [1.807, 2.05) is 6.92 Å². The van der Waals surface area contributed by atoms with Crippen molar-refractivity contribution < 1.29 is 14.4 Å². The normalized spacial score (nSPS) is 18.5. The van der Waals surface area contributed by atoms with Crippen molar-refractivity contribution in [2.24, 2.45) is 0 Å². The number of hydrogen-bond acceptors (Lipinski definition) is 3. The monoisotopic (exact) mass is 240 g/mol. The minimum absolute atomic E-state index is 0.00454. The van der Waals surface area contributed by atoms with E-state index in [4.69, 9.17) is 0 Å². The van der Waals surface area contributed by atoms with Gasteiger partial charge in [0, 0.05) is 26.1 Å². The minimum atomic E-state index is -0.543. The highest BCUT2D eigenvalue weighted by atomic mass is 16.2. The Morgan fingerprint density at radius 1 is 1.24 bits per heavy atom. The number of Topliss-reactive ketones (excluding diaryl/α,β-unsaturated/α-hetero) is 1. The average Bonchev–Trinajstić information content (AvgIpc) is 2.33. The lowest BCUT2D eigenvalue weighted by molar-refractivity contribution is -0.158. The Kier molecular flexibility index (Phi) is 4.66. The highest BCUT2D eigenvalue weighted by molar-refractivity contribution is 6.35. The third kappa shape index (κ3) is 2.84. The number of carbonyl (C=O) groups excluding carboxylic acids is 3. The first-order valence-electron chi connectivity index (χ1n) is 6.15. The number of amides is 2. The maximum atomic E-state index is 11.9. The lowest BCUT2D eigenvalue weighted by atomic mass is 10.1. The van der Waals surface area contributed by atoms with E-state index < -0.39 is 17.9 Å². The van der Waals surface area contributed by atoms with Gasteiger partial charge in [-0.1, -0.05) is 13.8 Å². The summed E-state index contributed by atoms with van der Waals surface area (Å²) in [7, 11) is 0. The van der Waals surface area contributed by atoms with Gasteiger partial charge in [-0.2, -0.15) is 0 Å². The van der Waals surface area contributed by atoms with Crippen molar-refractivity contribution in [2.45, 2.75) is 39.7 Å². The second-order valence-corrected chi connectivity index (χ2v) is 4.29. The maximum absolute atomic E-state index is 11.9. The van der Waals surface area contributed by atoms with E-state index in [0.717, 1.165) is 6.42 Å². The second-order valence-electron chi connectivity index (χ2n) is 4.29. The molecule has 1 heterocycles. The van der Waals surface area contributed by atoms with Crippen LogP contribution < -0.4 is 0 Å². The van der Waals surface area contributed by atoms with E-state index in [2.05, 4.69) is 0 Å². The van der Waals surface area contributed by atoms with Gasteiger partial charge in [0.15, 0.2) is 5.78 Å². The van der Waals surface area contributed by atoms with Gasteiger partial charge < -0.3 is 9.80 Å². The van der Waals surface area contributed by atoms with Crippen molar-refractivity contribution in [3.8, 4) is 0 Å². The molecule has 1 fully saturated rings. The number of hydrogen-bond donors (Lipinski definition) is 0. The molecule has 1 atom stereocenters. The molecule has 0 spiro atoms. The van der Waals surface area contributed by atoms with E-state index in [0.29, 0.717) is 26.1 Å². The van der Waals surface area contributed by atoms with Crippen molar-refractivity contribution >= 4 is 17.6 Å². The van der Waals surface area contributed by atoms with E-state index in [-0.39, 0.29) is 5.78 Å². The fourth-order valence-corrected chi connectivity index (χ4v) is 2.01. The molecule has 0 aromatic rings. The lowest BCUT2D eigenvalue weighted by Crippen LogP contribution is -2.58. The summed E-state index contributed by atoms with van der Waals surface area (Å²) in [4.78, 5) is 38.1. The van der Waals surface area contributed by atoms with Gasteiger partial charge >= 0.3 is 11.8 Å². The van der Waals surface area contributed by atoms with Crippen LogP contribution >= 0.6 is 0 Å². The zero-order valence-electron chi connectivity index (χ0n) is 10.7. The smallest absolute Gasteiger partial charge is 0.312 e. The molecule has 0 N–H and O–H groups in total. The van der Waals surface area contributed by atoms with Gasteiger partial charge in [-0.25, -0.2) is 0 Å². The van der Waals surface area contributed by atoms with Crippen molar-refractivity contribution in [3.05, 3.63) is 0 Å². The van der Waals surface area contributed by atoms with Gasteiger partial charge in [-0.05, 0) is 13.3 Å². The SMILES string of the molecule is CCCN1CCN(C(C)C(=O)CC)C(=O)C1=O. The average molecular weight is 240 g/mol. The quantitative estimate of drug-likeness (QED) is 0.655. The number of piperazine rings is 1. The molecule has 2 amide bonds. The third-order valence-electron chi connectivity index (χ3n) is 3.12. The summed E-state index contributed by atoms with van der Waals surface area (Å²) in [6.45, 7) is 7.00. The third-order valence-corrected chi connectivity index (χ3v) is 3.12. The summed E-state index contributed by atoms with van der Waals surface area (Å²) in [5.41, 5.74) is 0. The van der Waals surface area contributed by atoms with Gasteiger partial charge in [0.2, 0.25) is 0 Å². The van der Waals surface area contributed by atoms with Crippen LogP contribution in [0.1, 0.15) is 33.6 Å². The Morgan fingerprint density at radius 2 is 1.88 bits per heavy atom. The molecule has 1 aliphatic rings. The Labute approximate surface area is 102 Å². The van der Waals surface area contributed by atoms with Crippen LogP contribution in [0.2, 0.25) is 0 Å². The van der Waals surface area contributed by atoms with Crippen molar-refractivity contribution in [1.29, 1.82) is 0 Å². The molecule has 0 aromatic heterocycles. The molecule has 0 aromatic carbocycles. The molecule has 0 radical (unpaired) electrons. The summed E-state index contributed by atoms with van der Waals surface area (Å²) in [6, 6.07) is -0.486. The summed E-state index contributed by atoms with van der Waals surface area (Å²) in [5.74, 6) is -1.03. The summed E-state index contributed by atoms with van der Waals surface area (Å²) in [6.07, 6.45) is 1.22. The molecule has 1 aliphatic heterocycles. The highest BCUT2D eigenvalue weighted by Crippen LogP contribution is 2.11. The lowest BCUT2D eigenvalue weighted by Gasteiger charge is -2.36. The van der Waals surface area contributed by atoms with Crippen LogP contribution in [0.4, 0.5) is 0 Å². The standard InChI is InChI=1S/C12H20N2O3/c1-4-6-13-7-8-14(12(17)11(13)16)9(3)10(15)5-2/h9H,4-8H2,1-3H3. The Balaban J connectivity index is 2.71. The van der Waals surface area contributed by atoms with Crippen LogP contribution in [0, 0.1) is 0 Å². The molecule has 96 valence electrons. The molecule has 0 aliphatic carbocycles. The fraction of sp³-hybridized carbons (Fsp3) is 0.750. The summed E-state index contributed by atoms with van der Waals surface area (Å²) < 4.78 is 0. The molecule has 1 rings (SSSR count). The van der Waals surface area contributed by atoms with Gasteiger partial charge in [-0.15, -0.1) is 0 Å². The van der Waals surface area contributed by atoms with E-state index in [1.165, 1.54) is 4.90 Å². The minimum Gasteiger partial charge on any atom is -0.333 e. The van der Waals surface area contributed by atoms with E-state index in [1.54, 1.807) is 18.7 Å². The van der Waals surface area contributed by atoms with Gasteiger partial charge in [0.25, 0.3) is 0 Å². The first-order chi connectivity index (χ1) is 8.02. The van der Waals surface area contributed by atoms with Crippen molar-refractivity contribution in [3.63, 3.8) is 0 Å². The number of rotatable bonds is 5. The summed E-state index contributed by atoms with van der Waals surface area (Å²) >= 11 is 0. The Hall–Kier alpha value is -1.39. The Morgan fingerprint density at radius 3 is 2.41 bits per heavy atom. The van der Waals surface area contributed by atoms with E-state index in [9.17, 15) is 14.4 Å². The Bertz CT molecular complexity index is 328. The largest absolute Gasteiger partial charge is 0.333 e.